The van der Waals surface area contributed by atoms with E-state index in [1.54, 1.807) is 40.8 Å². The zero-order valence-electron chi connectivity index (χ0n) is 12.1. The first-order valence-electron chi connectivity index (χ1n) is 6.65. The number of carbonyl (C=O) groups is 1. The fourth-order valence-corrected chi connectivity index (χ4v) is 2.28. The summed E-state index contributed by atoms with van der Waals surface area (Å²) in [7, 11) is 1.74. The summed E-state index contributed by atoms with van der Waals surface area (Å²) in [5.74, 6) is -0.154. The second kappa shape index (κ2) is 6.39. The van der Waals surface area contributed by atoms with Crippen molar-refractivity contribution in [3.8, 4) is 0 Å². The van der Waals surface area contributed by atoms with Crippen LogP contribution in [0.2, 0.25) is 10.0 Å². The van der Waals surface area contributed by atoms with Crippen LogP contribution in [0, 0.1) is 0 Å². The van der Waals surface area contributed by atoms with E-state index in [9.17, 15) is 4.79 Å². The first-order valence-corrected chi connectivity index (χ1v) is 7.41. The Morgan fingerprint density at radius 1 is 1.22 bits per heavy atom. The van der Waals surface area contributed by atoms with Gasteiger partial charge in [0.15, 0.2) is 5.69 Å². The number of anilines is 1. The first kappa shape index (κ1) is 15.5. The third-order valence-electron chi connectivity index (χ3n) is 3.04. The van der Waals surface area contributed by atoms with Crippen LogP contribution in [0.5, 0.6) is 0 Å². The van der Waals surface area contributed by atoms with Crippen LogP contribution in [0.1, 0.15) is 16.1 Å². The summed E-state index contributed by atoms with van der Waals surface area (Å²) in [6, 6.07) is 6.95. The Hall–Kier alpha value is -2.38. The lowest BCUT2D eigenvalue weighted by Crippen LogP contribution is -2.14. The average molecular weight is 351 g/mol. The lowest BCUT2D eigenvalue weighted by atomic mass is 10.2. The van der Waals surface area contributed by atoms with Crippen LogP contribution < -0.4 is 5.32 Å². The maximum atomic E-state index is 12.0. The Morgan fingerprint density at radius 2 is 2.04 bits per heavy atom. The summed E-state index contributed by atoms with van der Waals surface area (Å²) < 4.78 is 3.14. The number of nitrogens with zero attached hydrogens (tertiary/aromatic N) is 5. The second-order valence-corrected chi connectivity index (χ2v) is 5.66. The smallest absolute Gasteiger partial charge is 0.278 e. The molecule has 0 bridgehead atoms. The number of halogens is 2. The van der Waals surface area contributed by atoms with Crippen molar-refractivity contribution in [1.82, 2.24) is 24.5 Å². The van der Waals surface area contributed by atoms with Crippen molar-refractivity contribution >= 4 is 35.1 Å². The molecule has 0 aliphatic rings. The van der Waals surface area contributed by atoms with Gasteiger partial charge in [-0.25, -0.2) is 9.67 Å². The van der Waals surface area contributed by atoms with Crippen LogP contribution in [0.25, 0.3) is 0 Å². The number of hydrogen-bond donors (Lipinski definition) is 1. The molecule has 0 saturated heterocycles. The highest BCUT2D eigenvalue weighted by molar-refractivity contribution is 6.42. The molecule has 2 heterocycles. The zero-order chi connectivity index (χ0) is 16.4. The van der Waals surface area contributed by atoms with Crippen molar-refractivity contribution in [3.63, 3.8) is 0 Å². The Kier molecular flexibility index (Phi) is 4.31. The van der Waals surface area contributed by atoms with Crippen molar-refractivity contribution in [3.05, 3.63) is 58.1 Å². The van der Waals surface area contributed by atoms with E-state index >= 15 is 0 Å². The minimum atomic E-state index is -0.363. The average Bonchev–Trinajstić information content (AvgIpc) is 3.12. The van der Waals surface area contributed by atoms with Crippen molar-refractivity contribution in [2.45, 2.75) is 6.54 Å². The lowest BCUT2D eigenvalue weighted by molar-refractivity contribution is 0.102. The molecule has 1 N–H and O–H groups in total. The molecule has 0 radical (unpaired) electrons. The van der Waals surface area contributed by atoms with Crippen LogP contribution in [0.4, 0.5) is 5.95 Å². The molecule has 9 heteroatoms. The van der Waals surface area contributed by atoms with Gasteiger partial charge in [-0.15, -0.1) is 5.10 Å². The van der Waals surface area contributed by atoms with Crippen LogP contribution in [0.15, 0.2) is 36.8 Å². The predicted molar refractivity (Wildman–Crippen MR) is 86.7 cm³/mol. The minimum absolute atomic E-state index is 0.209. The number of carbonyl (C=O) groups excluding carboxylic acids is 1. The van der Waals surface area contributed by atoms with E-state index in [1.807, 2.05) is 6.07 Å². The molecule has 0 aliphatic heterocycles. The molecule has 0 fully saturated rings. The van der Waals surface area contributed by atoms with Crippen LogP contribution in [-0.4, -0.2) is 30.5 Å². The van der Waals surface area contributed by atoms with Gasteiger partial charge in [-0.2, -0.15) is 5.10 Å². The highest BCUT2D eigenvalue weighted by Crippen LogP contribution is 2.22. The molecule has 1 aromatic carbocycles. The van der Waals surface area contributed by atoms with Crippen molar-refractivity contribution in [1.29, 1.82) is 0 Å². The van der Waals surface area contributed by atoms with E-state index in [0.717, 1.165) is 5.56 Å². The number of rotatable bonds is 4. The summed E-state index contributed by atoms with van der Waals surface area (Å²) in [4.78, 5) is 16.0. The molecule has 0 atom stereocenters. The Labute approximate surface area is 141 Å². The largest absolute Gasteiger partial charge is 0.288 e. The van der Waals surface area contributed by atoms with E-state index in [2.05, 4.69) is 20.5 Å². The maximum absolute atomic E-state index is 12.0. The quantitative estimate of drug-likeness (QED) is 0.784. The standard InChI is InChI=1S/C14H12Cl2N6O/c1-21-5-4-12(19-21)13(23)18-14-17-8-22(20-14)7-9-2-3-10(15)11(16)6-9/h2-6,8H,7H2,1H3,(H,18,20,23). The molecule has 3 rings (SSSR count). The lowest BCUT2D eigenvalue weighted by Gasteiger charge is -2.03. The van der Waals surface area contributed by atoms with Gasteiger partial charge in [0.05, 0.1) is 16.6 Å². The van der Waals surface area contributed by atoms with Crippen molar-refractivity contribution < 1.29 is 4.79 Å². The van der Waals surface area contributed by atoms with Gasteiger partial charge in [0.1, 0.15) is 6.33 Å². The third kappa shape index (κ3) is 3.69. The van der Waals surface area contributed by atoms with Crippen LogP contribution >= 0.6 is 23.2 Å². The predicted octanol–water partition coefficient (Wildman–Crippen LogP) is 2.62. The van der Waals surface area contributed by atoms with E-state index in [4.69, 9.17) is 23.2 Å². The highest BCUT2D eigenvalue weighted by Gasteiger charge is 2.11. The fourth-order valence-electron chi connectivity index (χ4n) is 1.95. The van der Waals surface area contributed by atoms with Gasteiger partial charge < -0.3 is 0 Å². The normalized spacial score (nSPS) is 10.7. The fraction of sp³-hybridized carbons (Fsp3) is 0.143. The summed E-state index contributed by atoms with van der Waals surface area (Å²) >= 11 is 11.9. The summed E-state index contributed by atoms with van der Waals surface area (Å²) in [5.41, 5.74) is 1.22. The highest BCUT2D eigenvalue weighted by atomic mass is 35.5. The van der Waals surface area contributed by atoms with Crippen LogP contribution in [0.3, 0.4) is 0 Å². The molecule has 2 aromatic heterocycles. The van der Waals surface area contributed by atoms with Gasteiger partial charge >= 0.3 is 0 Å². The molecule has 7 nitrogen and oxygen atoms in total. The Balaban J connectivity index is 1.68. The maximum Gasteiger partial charge on any atom is 0.278 e. The van der Waals surface area contributed by atoms with Gasteiger partial charge in [0.25, 0.3) is 5.91 Å². The molecule has 23 heavy (non-hydrogen) atoms. The van der Waals surface area contributed by atoms with E-state index in [0.29, 0.717) is 22.3 Å². The van der Waals surface area contributed by atoms with Crippen LogP contribution in [-0.2, 0) is 13.6 Å². The molecule has 1 amide bonds. The van der Waals surface area contributed by atoms with Gasteiger partial charge in [-0.05, 0) is 23.8 Å². The monoisotopic (exact) mass is 350 g/mol. The molecule has 118 valence electrons. The first-order chi connectivity index (χ1) is 11.0. The SMILES string of the molecule is Cn1ccc(C(=O)Nc2ncn(Cc3ccc(Cl)c(Cl)c3)n2)n1. The molecule has 0 unspecified atom stereocenters. The number of nitrogens with one attached hydrogen (secondary N) is 1. The van der Waals surface area contributed by atoms with Crippen molar-refractivity contribution in [2.24, 2.45) is 7.05 Å². The molecular weight excluding hydrogens is 339 g/mol. The van der Waals surface area contributed by atoms with E-state index in [-0.39, 0.29) is 11.9 Å². The number of benzene rings is 1. The summed E-state index contributed by atoms with van der Waals surface area (Å²) in [5, 5.41) is 11.8. The molecule has 3 aromatic rings. The number of amides is 1. The van der Waals surface area contributed by atoms with Crippen molar-refractivity contribution in [2.75, 3.05) is 5.32 Å². The summed E-state index contributed by atoms with van der Waals surface area (Å²) in [6.45, 7) is 0.462. The minimum Gasteiger partial charge on any atom is -0.288 e. The third-order valence-corrected chi connectivity index (χ3v) is 3.78. The molecule has 0 spiro atoms. The van der Waals surface area contributed by atoms with E-state index in [1.165, 1.54) is 6.33 Å². The summed E-state index contributed by atoms with van der Waals surface area (Å²) in [6.07, 6.45) is 3.21. The van der Waals surface area contributed by atoms with E-state index < -0.39 is 0 Å². The van der Waals surface area contributed by atoms with Gasteiger partial charge in [-0.1, -0.05) is 29.3 Å². The zero-order valence-corrected chi connectivity index (χ0v) is 13.6. The topological polar surface area (TPSA) is 77.6 Å². The second-order valence-electron chi connectivity index (χ2n) is 4.84. The number of aryl methyl sites for hydroxylation is 1. The number of hydrogen-bond acceptors (Lipinski definition) is 4. The Bertz CT molecular complexity index is 857. The molecular formula is C14H12Cl2N6O. The molecule has 0 aliphatic carbocycles. The van der Waals surface area contributed by atoms with Gasteiger partial charge in [0.2, 0.25) is 5.95 Å². The molecule has 0 saturated carbocycles. The number of aromatic nitrogens is 5. The van der Waals surface area contributed by atoms with Gasteiger partial charge in [-0.3, -0.25) is 14.8 Å². The van der Waals surface area contributed by atoms with Gasteiger partial charge in [0, 0.05) is 13.2 Å². The Morgan fingerprint density at radius 3 is 2.74 bits per heavy atom.